The summed E-state index contributed by atoms with van der Waals surface area (Å²) in [6.45, 7) is 2.34. The van der Waals surface area contributed by atoms with E-state index in [0.29, 0.717) is 13.0 Å². The molecule has 2 heterocycles. The van der Waals surface area contributed by atoms with E-state index in [1.54, 1.807) is 6.92 Å². The fourth-order valence-corrected chi connectivity index (χ4v) is 2.12. The summed E-state index contributed by atoms with van der Waals surface area (Å²) in [4.78, 5) is 33.2. The highest BCUT2D eigenvalue weighted by atomic mass is 16.2. The zero-order chi connectivity index (χ0) is 13.1. The van der Waals surface area contributed by atoms with E-state index >= 15 is 0 Å². The molecule has 1 aromatic heterocycles. The number of nitrogens with two attached hydrogens (primary N) is 1. The maximum absolute atomic E-state index is 12.2. The molecule has 2 rings (SSSR count). The average molecular weight is 248 g/mol. The molecule has 0 spiro atoms. The van der Waals surface area contributed by atoms with Crippen LogP contribution in [-0.2, 0) is 4.79 Å². The maximum Gasteiger partial charge on any atom is 0.274 e. The molecule has 1 saturated heterocycles. The largest absolute Gasteiger partial charge is 0.368 e. The van der Waals surface area contributed by atoms with Gasteiger partial charge in [-0.25, -0.2) is 4.98 Å². The summed E-state index contributed by atoms with van der Waals surface area (Å²) >= 11 is 0. The fraction of sp³-hybridized carbons (Fsp3) is 0.500. The van der Waals surface area contributed by atoms with E-state index in [2.05, 4.69) is 9.97 Å². The first-order valence-electron chi connectivity index (χ1n) is 5.98. The summed E-state index contributed by atoms with van der Waals surface area (Å²) in [7, 11) is 0. The van der Waals surface area contributed by atoms with Crippen molar-refractivity contribution in [1.82, 2.24) is 14.9 Å². The van der Waals surface area contributed by atoms with Gasteiger partial charge in [0.25, 0.3) is 5.91 Å². The predicted octanol–water partition coefficient (Wildman–Crippen LogP) is 0.265. The summed E-state index contributed by atoms with van der Waals surface area (Å²) in [6, 6.07) is -0.519. The predicted molar refractivity (Wildman–Crippen MR) is 64.6 cm³/mol. The summed E-state index contributed by atoms with van der Waals surface area (Å²) in [5.41, 5.74) is 6.33. The SMILES string of the molecule is Cc1cnc(C(=O)N2CCCC[C@H]2C(N)=O)cn1. The van der Waals surface area contributed by atoms with Gasteiger partial charge in [0.1, 0.15) is 11.7 Å². The molecular weight excluding hydrogens is 232 g/mol. The van der Waals surface area contributed by atoms with E-state index in [4.69, 9.17) is 5.73 Å². The molecule has 0 radical (unpaired) electrons. The van der Waals surface area contributed by atoms with Crippen molar-refractivity contribution >= 4 is 11.8 Å². The Labute approximate surface area is 105 Å². The highest BCUT2D eigenvalue weighted by Gasteiger charge is 2.31. The molecule has 1 aromatic rings. The minimum atomic E-state index is -0.519. The second kappa shape index (κ2) is 5.12. The molecule has 2 amide bonds. The van der Waals surface area contributed by atoms with E-state index in [9.17, 15) is 9.59 Å². The number of hydrogen-bond donors (Lipinski definition) is 1. The number of amides is 2. The van der Waals surface area contributed by atoms with Gasteiger partial charge >= 0.3 is 0 Å². The van der Waals surface area contributed by atoms with Crippen LogP contribution < -0.4 is 5.73 Å². The van der Waals surface area contributed by atoms with Crippen molar-refractivity contribution in [3.8, 4) is 0 Å². The van der Waals surface area contributed by atoms with Gasteiger partial charge in [-0.1, -0.05) is 0 Å². The summed E-state index contributed by atoms with van der Waals surface area (Å²) in [5.74, 6) is -0.728. The Morgan fingerprint density at radius 3 is 2.72 bits per heavy atom. The minimum absolute atomic E-state index is 0.258. The van der Waals surface area contributed by atoms with E-state index in [1.807, 2.05) is 0 Å². The summed E-state index contributed by atoms with van der Waals surface area (Å²) in [5, 5.41) is 0. The summed E-state index contributed by atoms with van der Waals surface area (Å²) in [6.07, 6.45) is 5.40. The van der Waals surface area contributed by atoms with E-state index in [-0.39, 0.29) is 11.6 Å². The number of hydrogen-bond acceptors (Lipinski definition) is 4. The number of piperidine rings is 1. The number of carbonyl (C=O) groups excluding carboxylic acids is 2. The van der Waals surface area contributed by atoms with Gasteiger partial charge in [0.05, 0.1) is 11.9 Å². The first-order chi connectivity index (χ1) is 8.59. The molecule has 1 atom stereocenters. The van der Waals surface area contributed by atoms with Gasteiger partial charge in [-0.2, -0.15) is 0 Å². The zero-order valence-electron chi connectivity index (χ0n) is 10.3. The van der Waals surface area contributed by atoms with E-state index < -0.39 is 11.9 Å². The van der Waals surface area contributed by atoms with Crippen LogP contribution in [0.15, 0.2) is 12.4 Å². The zero-order valence-corrected chi connectivity index (χ0v) is 10.3. The number of aryl methyl sites for hydroxylation is 1. The van der Waals surface area contributed by atoms with Crippen molar-refractivity contribution in [1.29, 1.82) is 0 Å². The molecule has 6 nitrogen and oxygen atoms in total. The normalized spacial score (nSPS) is 19.6. The molecule has 0 saturated carbocycles. The highest BCUT2D eigenvalue weighted by Crippen LogP contribution is 2.18. The molecule has 0 aromatic carbocycles. The van der Waals surface area contributed by atoms with Crippen molar-refractivity contribution in [2.45, 2.75) is 32.2 Å². The van der Waals surface area contributed by atoms with Gasteiger partial charge in [0.15, 0.2) is 0 Å². The molecule has 6 heteroatoms. The van der Waals surface area contributed by atoms with Crippen molar-refractivity contribution in [3.63, 3.8) is 0 Å². The van der Waals surface area contributed by atoms with Gasteiger partial charge in [-0.05, 0) is 26.2 Å². The van der Waals surface area contributed by atoms with Crippen LogP contribution in [-0.4, -0.2) is 39.3 Å². The lowest BCUT2D eigenvalue weighted by atomic mass is 10.0. The van der Waals surface area contributed by atoms with Crippen molar-refractivity contribution in [3.05, 3.63) is 23.8 Å². The molecule has 0 unspecified atom stereocenters. The van der Waals surface area contributed by atoms with E-state index in [0.717, 1.165) is 18.5 Å². The standard InChI is InChI=1S/C12H16N4O2/c1-8-6-15-9(7-14-8)12(18)16-5-3-2-4-10(16)11(13)17/h6-7,10H,2-5H2,1H3,(H2,13,17)/t10-/m0/s1. The number of likely N-dealkylation sites (tertiary alicyclic amines) is 1. The third kappa shape index (κ3) is 2.47. The molecule has 1 aliphatic rings. The van der Waals surface area contributed by atoms with Crippen molar-refractivity contribution in [2.75, 3.05) is 6.54 Å². The number of rotatable bonds is 2. The average Bonchev–Trinajstić information content (AvgIpc) is 2.39. The van der Waals surface area contributed by atoms with Crippen LogP contribution in [0.1, 0.15) is 35.4 Å². The number of carbonyl (C=O) groups is 2. The molecular formula is C12H16N4O2. The van der Waals surface area contributed by atoms with Crippen LogP contribution in [0.3, 0.4) is 0 Å². The van der Waals surface area contributed by atoms with Crippen molar-refractivity contribution in [2.24, 2.45) is 5.73 Å². The van der Waals surface area contributed by atoms with Crippen LogP contribution >= 0.6 is 0 Å². The molecule has 1 fully saturated rings. The summed E-state index contributed by atoms with van der Waals surface area (Å²) < 4.78 is 0. The Hall–Kier alpha value is -1.98. The monoisotopic (exact) mass is 248 g/mol. The minimum Gasteiger partial charge on any atom is -0.368 e. The highest BCUT2D eigenvalue weighted by molar-refractivity contribution is 5.95. The van der Waals surface area contributed by atoms with Crippen LogP contribution in [0.25, 0.3) is 0 Å². The Bertz CT molecular complexity index is 458. The molecule has 1 aliphatic heterocycles. The molecule has 0 bridgehead atoms. The van der Waals surface area contributed by atoms with Crippen LogP contribution in [0.2, 0.25) is 0 Å². The Morgan fingerprint density at radius 1 is 1.33 bits per heavy atom. The van der Waals surface area contributed by atoms with Gasteiger partial charge in [-0.3, -0.25) is 14.6 Å². The number of nitrogens with zero attached hydrogens (tertiary/aromatic N) is 3. The molecule has 18 heavy (non-hydrogen) atoms. The number of primary amides is 1. The Kier molecular flexibility index (Phi) is 3.55. The van der Waals surface area contributed by atoms with Gasteiger partial charge < -0.3 is 10.6 Å². The molecule has 0 aliphatic carbocycles. The Balaban J connectivity index is 2.20. The first kappa shape index (κ1) is 12.5. The smallest absolute Gasteiger partial charge is 0.274 e. The first-order valence-corrected chi connectivity index (χ1v) is 5.98. The van der Waals surface area contributed by atoms with Crippen LogP contribution in [0.5, 0.6) is 0 Å². The Morgan fingerprint density at radius 2 is 2.11 bits per heavy atom. The number of aromatic nitrogens is 2. The quantitative estimate of drug-likeness (QED) is 0.813. The van der Waals surface area contributed by atoms with E-state index in [1.165, 1.54) is 17.3 Å². The van der Waals surface area contributed by atoms with Gasteiger partial charge in [0.2, 0.25) is 5.91 Å². The third-order valence-electron chi connectivity index (χ3n) is 3.09. The van der Waals surface area contributed by atoms with Gasteiger partial charge in [-0.15, -0.1) is 0 Å². The fourth-order valence-electron chi connectivity index (χ4n) is 2.12. The maximum atomic E-state index is 12.2. The van der Waals surface area contributed by atoms with Crippen molar-refractivity contribution < 1.29 is 9.59 Å². The lowest BCUT2D eigenvalue weighted by Crippen LogP contribution is -2.50. The lowest BCUT2D eigenvalue weighted by molar-refractivity contribution is -0.123. The van der Waals surface area contributed by atoms with Crippen LogP contribution in [0.4, 0.5) is 0 Å². The van der Waals surface area contributed by atoms with Crippen LogP contribution in [0, 0.1) is 6.92 Å². The lowest BCUT2D eigenvalue weighted by Gasteiger charge is -2.33. The molecule has 96 valence electrons. The third-order valence-corrected chi connectivity index (χ3v) is 3.09. The second-order valence-corrected chi connectivity index (χ2v) is 4.46. The van der Waals surface area contributed by atoms with Gasteiger partial charge in [0, 0.05) is 12.7 Å². The second-order valence-electron chi connectivity index (χ2n) is 4.46. The topological polar surface area (TPSA) is 89.2 Å². The molecule has 2 N–H and O–H groups in total.